The lowest BCUT2D eigenvalue weighted by Gasteiger charge is -2.31. The van der Waals surface area contributed by atoms with Gasteiger partial charge in [-0.1, -0.05) is 48.5 Å². The molecule has 1 atom stereocenters. The molecule has 0 saturated carbocycles. The zero-order valence-corrected chi connectivity index (χ0v) is 11.2. The van der Waals surface area contributed by atoms with Crippen LogP contribution in [-0.2, 0) is 10.2 Å². The first-order valence-corrected chi connectivity index (χ1v) is 6.83. The van der Waals surface area contributed by atoms with Crippen LogP contribution in [0.25, 0.3) is 0 Å². The smallest absolute Gasteiger partial charge is 0.232 e. The molecule has 3 heteroatoms. The number of para-hydroxylation sites is 1. The van der Waals surface area contributed by atoms with Gasteiger partial charge in [-0.2, -0.15) is 0 Å². The fourth-order valence-corrected chi connectivity index (χ4v) is 3.02. The average Bonchev–Trinajstić information content (AvgIpc) is 2.68. The zero-order chi connectivity index (χ0) is 14.0. The molecule has 0 saturated heterocycles. The number of ether oxygens (including phenoxy) is 1. The van der Waals surface area contributed by atoms with Gasteiger partial charge >= 0.3 is 0 Å². The van der Waals surface area contributed by atoms with Crippen LogP contribution in [0.1, 0.15) is 24.0 Å². The molecule has 1 amide bonds. The topological polar surface area (TPSA) is 52.3 Å². The van der Waals surface area contributed by atoms with Crippen molar-refractivity contribution >= 4 is 5.91 Å². The van der Waals surface area contributed by atoms with Gasteiger partial charge in [0.15, 0.2) is 0 Å². The zero-order valence-electron chi connectivity index (χ0n) is 11.2. The van der Waals surface area contributed by atoms with Crippen LogP contribution in [0.3, 0.4) is 0 Å². The summed E-state index contributed by atoms with van der Waals surface area (Å²) in [6, 6.07) is 17.4. The first-order valence-electron chi connectivity index (χ1n) is 6.83. The van der Waals surface area contributed by atoms with Gasteiger partial charge in [-0.3, -0.25) is 4.79 Å². The summed E-state index contributed by atoms with van der Waals surface area (Å²) < 4.78 is 5.77. The normalized spacial score (nSPS) is 21.4. The molecule has 0 bridgehead atoms. The van der Waals surface area contributed by atoms with Gasteiger partial charge in [-0.15, -0.1) is 0 Å². The van der Waals surface area contributed by atoms with Crippen molar-refractivity contribution in [2.75, 3.05) is 6.61 Å². The molecule has 3 nitrogen and oxygen atoms in total. The highest BCUT2D eigenvalue weighted by Gasteiger charge is 2.43. The average molecular weight is 267 g/mol. The molecule has 2 N–H and O–H groups in total. The summed E-state index contributed by atoms with van der Waals surface area (Å²) in [5.74, 6) is 0.439. The maximum absolute atomic E-state index is 12.4. The maximum Gasteiger partial charge on any atom is 0.232 e. The van der Waals surface area contributed by atoms with Crippen molar-refractivity contribution in [1.82, 2.24) is 0 Å². The SMILES string of the molecule is NC(=O)C1(c2ccccc2)CCCOc2ccccc21. The van der Waals surface area contributed by atoms with Gasteiger partial charge in [-0.25, -0.2) is 0 Å². The van der Waals surface area contributed by atoms with Crippen LogP contribution in [0.4, 0.5) is 0 Å². The molecular weight excluding hydrogens is 250 g/mol. The van der Waals surface area contributed by atoms with Gasteiger partial charge in [0, 0.05) is 5.56 Å². The van der Waals surface area contributed by atoms with E-state index < -0.39 is 5.41 Å². The first-order chi connectivity index (χ1) is 9.75. The molecule has 3 rings (SSSR count). The molecule has 1 aliphatic heterocycles. The number of fused-ring (bicyclic) bond motifs is 1. The molecule has 102 valence electrons. The number of rotatable bonds is 2. The highest BCUT2D eigenvalue weighted by molar-refractivity contribution is 5.91. The number of carbonyl (C=O) groups excluding carboxylic acids is 1. The second-order valence-corrected chi connectivity index (χ2v) is 5.08. The number of carbonyl (C=O) groups is 1. The van der Waals surface area contributed by atoms with Gasteiger partial charge in [-0.05, 0) is 24.5 Å². The quantitative estimate of drug-likeness (QED) is 0.909. The lowest BCUT2D eigenvalue weighted by Crippen LogP contribution is -2.42. The Kier molecular flexibility index (Phi) is 3.18. The minimum Gasteiger partial charge on any atom is -0.493 e. The molecule has 0 spiro atoms. The lowest BCUT2D eigenvalue weighted by atomic mass is 9.70. The number of primary amides is 1. The summed E-state index contributed by atoms with van der Waals surface area (Å²) >= 11 is 0. The van der Waals surface area contributed by atoms with E-state index in [1.807, 2.05) is 54.6 Å². The minimum atomic E-state index is -0.797. The molecule has 20 heavy (non-hydrogen) atoms. The molecule has 1 unspecified atom stereocenters. The van der Waals surface area contributed by atoms with E-state index in [9.17, 15) is 4.79 Å². The Morgan fingerprint density at radius 1 is 1.05 bits per heavy atom. The second-order valence-electron chi connectivity index (χ2n) is 5.08. The molecule has 2 aromatic rings. The van der Waals surface area contributed by atoms with E-state index in [0.717, 1.165) is 23.3 Å². The van der Waals surface area contributed by atoms with Crippen molar-refractivity contribution in [2.45, 2.75) is 18.3 Å². The summed E-state index contributed by atoms with van der Waals surface area (Å²) in [4.78, 5) is 12.4. The summed E-state index contributed by atoms with van der Waals surface area (Å²) in [5, 5.41) is 0. The molecule has 2 aromatic carbocycles. The summed E-state index contributed by atoms with van der Waals surface area (Å²) in [6.45, 7) is 0.610. The van der Waals surface area contributed by atoms with E-state index in [0.29, 0.717) is 13.0 Å². The fraction of sp³-hybridized carbons (Fsp3) is 0.235. The Balaban J connectivity index is 2.28. The fourth-order valence-electron chi connectivity index (χ4n) is 3.02. The van der Waals surface area contributed by atoms with Gasteiger partial charge in [0.05, 0.1) is 6.61 Å². The van der Waals surface area contributed by atoms with Crippen molar-refractivity contribution in [2.24, 2.45) is 5.73 Å². The van der Waals surface area contributed by atoms with Gasteiger partial charge in [0.25, 0.3) is 0 Å². The van der Waals surface area contributed by atoms with E-state index >= 15 is 0 Å². The van der Waals surface area contributed by atoms with Crippen molar-refractivity contribution in [3.05, 3.63) is 65.7 Å². The number of hydrogen-bond donors (Lipinski definition) is 1. The predicted octanol–water partition coefficient (Wildman–Crippen LogP) is 2.63. The highest BCUT2D eigenvalue weighted by atomic mass is 16.5. The molecule has 0 fully saturated rings. The lowest BCUT2D eigenvalue weighted by molar-refractivity contribution is -0.122. The van der Waals surface area contributed by atoms with E-state index in [2.05, 4.69) is 0 Å². The van der Waals surface area contributed by atoms with E-state index in [1.165, 1.54) is 0 Å². The Labute approximate surface area is 118 Å². The largest absolute Gasteiger partial charge is 0.493 e. The van der Waals surface area contributed by atoms with Gasteiger partial charge in [0.1, 0.15) is 11.2 Å². The molecule has 0 aromatic heterocycles. The monoisotopic (exact) mass is 267 g/mol. The Morgan fingerprint density at radius 3 is 2.50 bits per heavy atom. The second kappa shape index (κ2) is 5.00. The standard InChI is InChI=1S/C17H17NO2/c18-16(19)17(13-7-2-1-3-8-13)11-6-12-20-15-10-5-4-9-14(15)17/h1-5,7-10H,6,11-12H2,(H2,18,19). The van der Waals surface area contributed by atoms with Gasteiger partial charge in [0.2, 0.25) is 5.91 Å². The number of hydrogen-bond acceptors (Lipinski definition) is 2. The number of benzene rings is 2. The molecule has 0 aliphatic carbocycles. The van der Waals surface area contributed by atoms with Crippen LogP contribution in [0.5, 0.6) is 5.75 Å². The Bertz CT molecular complexity index is 624. The Morgan fingerprint density at radius 2 is 1.75 bits per heavy atom. The predicted molar refractivity (Wildman–Crippen MR) is 77.6 cm³/mol. The van der Waals surface area contributed by atoms with Crippen molar-refractivity contribution < 1.29 is 9.53 Å². The van der Waals surface area contributed by atoms with Crippen molar-refractivity contribution in [3.8, 4) is 5.75 Å². The van der Waals surface area contributed by atoms with Crippen LogP contribution in [-0.4, -0.2) is 12.5 Å². The molecular formula is C17H17NO2. The molecule has 1 aliphatic rings. The summed E-state index contributed by atoms with van der Waals surface area (Å²) in [5.41, 5.74) is 6.83. The third-order valence-corrected chi connectivity index (χ3v) is 3.99. The van der Waals surface area contributed by atoms with Crippen LogP contribution < -0.4 is 10.5 Å². The van der Waals surface area contributed by atoms with E-state index in [1.54, 1.807) is 0 Å². The summed E-state index contributed by atoms with van der Waals surface area (Å²) in [7, 11) is 0. The van der Waals surface area contributed by atoms with Crippen molar-refractivity contribution in [3.63, 3.8) is 0 Å². The van der Waals surface area contributed by atoms with Crippen LogP contribution in [0.2, 0.25) is 0 Å². The number of amides is 1. The molecule has 0 radical (unpaired) electrons. The van der Waals surface area contributed by atoms with Crippen LogP contribution in [0.15, 0.2) is 54.6 Å². The third-order valence-electron chi connectivity index (χ3n) is 3.99. The van der Waals surface area contributed by atoms with Crippen LogP contribution >= 0.6 is 0 Å². The Hall–Kier alpha value is -2.29. The van der Waals surface area contributed by atoms with E-state index in [4.69, 9.17) is 10.5 Å². The minimum absolute atomic E-state index is 0.318. The number of nitrogens with two attached hydrogens (primary N) is 1. The van der Waals surface area contributed by atoms with Gasteiger partial charge < -0.3 is 10.5 Å². The maximum atomic E-state index is 12.4. The van der Waals surface area contributed by atoms with Crippen LogP contribution in [0, 0.1) is 0 Å². The summed E-state index contributed by atoms with van der Waals surface area (Å²) in [6.07, 6.45) is 1.47. The van der Waals surface area contributed by atoms with Crippen molar-refractivity contribution in [1.29, 1.82) is 0 Å². The van der Waals surface area contributed by atoms with E-state index in [-0.39, 0.29) is 5.91 Å². The highest BCUT2D eigenvalue weighted by Crippen LogP contribution is 2.43. The first kappa shape index (κ1) is 12.7. The molecule has 1 heterocycles. The third kappa shape index (κ3) is 1.86.